The maximum atomic E-state index is 13.2. The zero-order valence-corrected chi connectivity index (χ0v) is 12.8. The molecule has 0 aliphatic rings. The number of hydrogen-bond donors (Lipinski definition) is 1. The Bertz CT molecular complexity index is 551. The van der Waals surface area contributed by atoms with Gasteiger partial charge in [0, 0.05) is 25.8 Å². The minimum atomic E-state index is -0.198. The van der Waals surface area contributed by atoms with Crippen LogP contribution in [0.3, 0.4) is 0 Å². The maximum absolute atomic E-state index is 13.2. The lowest BCUT2D eigenvalue weighted by Crippen LogP contribution is -2.17. The third-order valence-corrected chi connectivity index (χ3v) is 3.45. The van der Waals surface area contributed by atoms with Crippen LogP contribution in [-0.4, -0.2) is 13.6 Å². The molecule has 3 heteroatoms. The highest BCUT2D eigenvalue weighted by atomic mass is 19.1. The molecule has 1 N–H and O–H groups in total. The summed E-state index contributed by atoms with van der Waals surface area (Å²) < 4.78 is 13.2. The first kappa shape index (κ1) is 15.5. The van der Waals surface area contributed by atoms with E-state index in [1.54, 1.807) is 12.1 Å². The molecule has 0 radical (unpaired) electrons. The predicted octanol–water partition coefficient (Wildman–Crippen LogP) is 3.96. The fourth-order valence-corrected chi connectivity index (χ4v) is 2.25. The fraction of sp³-hybridized carbons (Fsp3) is 0.333. The predicted molar refractivity (Wildman–Crippen MR) is 86.9 cm³/mol. The van der Waals surface area contributed by atoms with Gasteiger partial charge < -0.3 is 10.2 Å². The molecular formula is C18H23FN2. The molecule has 0 aliphatic carbocycles. The quantitative estimate of drug-likeness (QED) is 0.775. The van der Waals surface area contributed by atoms with Crippen LogP contribution in [0.1, 0.15) is 24.5 Å². The van der Waals surface area contributed by atoms with E-state index < -0.39 is 0 Å². The maximum Gasteiger partial charge on any atom is 0.125 e. The third-order valence-electron chi connectivity index (χ3n) is 3.45. The van der Waals surface area contributed by atoms with E-state index in [-0.39, 0.29) is 5.82 Å². The topological polar surface area (TPSA) is 15.3 Å². The van der Waals surface area contributed by atoms with Crippen molar-refractivity contribution in [2.45, 2.75) is 26.4 Å². The van der Waals surface area contributed by atoms with Crippen LogP contribution in [0.25, 0.3) is 0 Å². The molecule has 112 valence electrons. The van der Waals surface area contributed by atoms with Crippen molar-refractivity contribution in [1.82, 2.24) is 5.32 Å². The molecule has 0 saturated carbocycles. The highest BCUT2D eigenvalue weighted by Gasteiger charge is 2.03. The second-order valence-electron chi connectivity index (χ2n) is 5.33. The van der Waals surface area contributed by atoms with Crippen molar-refractivity contribution < 1.29 is 4.39 Å². The normalized spacial score (nSPS) is 10.6. The average Bonchev–Trinajstić information content (AvgIpc) is 2.49. The molecule has 0 atom stereocenters. The van der Waals surface area contributed by atoms with Gasteiger partial charge in [0.25, 0.3) is 0 Å². The Morgan fingerprint density at radius 1 is 1.05 bits per heavy atom. The number of nitrogens with one attached hydrogen (secondary N) is 1. The molecule has 0 aliphatic heterocycles. The van der Waals surface area contributed by atoms with Gasteiger partial charge in [-0.05, 0) is 42.3 Å². The first-order valence-electron chi connectivity index (χ1n) is 7.44. The Morgan fingerprint density at radius 3 is 2.43 bits per heavy atom. The number of nitrogens with zero attached hydrogens (tertiary/aromatic N) is 1. The average molecular weight is 286 g/mol. The van der Waals surface area contributed by atoms with Crippen molar-refractivity contribution >= 4 is 5.69 Å². The molecule has 0 saturated heterocycles. The van der Waals surface area contributed by atoms with E-state index in [1.165, 1.54) is 17.2 Å². The molecule has 2 aromatic rings. The molecule has 2 rings (SSSR count). The van der Waals surface area contributed by atoms with Crippen molar-refractivity contribution in [2.24, 2.45) is 0 Å². The highest BCUT2D eigenvalue weighted by molar-refractivity contribution is 5.46. The second-order valence-corrected chi connectivity index (χ2v) is 5.33. The lowest BCUT2D eigenvalue weighted by molar-refractivity contribution is 0.627. The molecule has 2 aromatic carbocycles. The van der Waals surface area contributed by atoms with Gasteiger partial charge in [-0.1, -0.05) is 37.3 Å². The van der Waals surface area contributed by atoms with Gasteiger partial charge >= 0.3 is 0 Å². The van der Waals surface area contributed by atoms with Crippen LogP contribution in [0.4, 0.5) is 10.1 Å². The summed E-state index contributed by atoms with van der Waals surface area (Å²) in [6.45, 7) is 4.89. The van der Waals surface area contributed by atoms with E-state index in [0.717, 1.165) is 31.7 Å². The molecule has 0 bridgehead atoms. The van der Waals surface area contributed by atoms with Gasteiger partial charge in [-0.2, -0.15) is 0 Å². The number of benzene rings is 2. The molecule has 0 aromatic heterocycles. The smallest absolute Gasteiger partial charge is 0.125 e. The summed E-state index contributed by atoms with van der Waals surface area (Å²) in [7, 11) is 1.98. The molecule has 0 heterocycles. The van der Waals surface area contributed by atoms with Crippen LogP contribution in [0.5, 0.6) is 0 Å². The number of halogens is 1. The second kappa shape index (κ2) is 7.79. The van der Waals surface area contributed by atoms with Gasteiger partial charge in [0.15, 0.2) is 0 Å². The molecule has 0 unspecified atom stereocenters. The Morgan fingerprint density at radius 2 is 1.76 bits per heavy atom. The standard InChI is InChI=1S/C18H23FN2/c1-3-11-20-13-15-7-9-16(10-8-15)14-21(2)18-6-4-5-17(19)12-18/h4-10,12,20H,3,11,13-14H2,1-2H3. The Hall–Kier alpha value is -1.87. The van der Waals surface area contributed by atoms with Crippen molar-refractivity contribution in [3.63, 3.8) is 0 Å². The van der Waals surface area contributed by atoms with E-state index >= 15 is 0 Å². The molecule has 0 spiro atoms. The number of hydrogen-bond acceptors (Lipinski definition) is 2. The van der Waals surface area contributed by atoms with Gasteiger partial charge in [0.2, 0.25) is 0 Å². The fourth-order valence-electron chi connectivity index (χ4n) is 2.25. The van der Waals surface area contributed by atoms with Crippen molar-refractivity contribution in [1.29, 1.82) is 0 Å². The summed E-state index contributed by atoms with van der Waals surface area (Å²) in [5.41, 5.74) is 3.41. The first-order valence-corrected chi connectivity index (χ1v) is 7.44. The van der Waals surface area contributed by atoms with Crippen LogP contribution >= 0.6 is 0 Å². The molecule has 0 fully saturated rings. The summed E-state index contributed by atoms with van der Waals surface area (Å²) in [6, 6.07) is 15.3. The van der Waals surface area contributed by atoms with Gasteiger partial charge in [-0.25, -0.2) is 4.39 Å². The third kappa shape index (κ3) is 4.87. The van der Waals surface area contributed by atoms with Crippen LogP contribution < -0.4 is 10.2 Å². The van der Waals surface area contributed by atoms with E-state index in [0.29, 0.717) is 0 Å². The van der Waals surface area contributed by atoms with E-state index in [4.69, 9.17) is 0 Å². The number of anilines is 1. The van der Waals surface area contributed by atoms with Crippen LogP contribution in [0, 0.1) is 5.82 Å². The number of rotatable bonds is 7. The van der Waals surface area contributed by atoms with Gasteiger partial charge in [-0.3, -0.25) is 0 Å². The summed E-state index contributed by atoms with van der Waals surface area (Å²) in [4.78, 5) is 2.05. The zero-order chi connectivity index (χ0) is 15.1. The molecular weight excluding hydrogens is 263 g/mol. The van der Waals surface area contributed by atoms with Gasteiger partial charge in [0.05, 0.1) is 0 Å². The molecule has 21 heavy (non-hydrogen) atoms. The van der Waals surface area contributed by atoms with Crippen LogP contribution in [0.15, 0.2) is 48.5 Å². The lowest BCUT2D eigenvalue weighted by atomic mass is 10.1. The summed E-state index contributed by atoms with van der Waals surface area (Å²) >= 11 is 0. The minimum absolute atomic E-state index is 0.198. The molecule has 2 nitrogen and oxygen atoms in total. The van der Waals surface area contributed by atoms with Crippen LogP contribution in [0.2, 0.25) is 0 Å². The summed E-state index contributed by atoms with van der Waals surface area (Å²) in [5, 5.41) is 3.39. The van der Waals surface area contributed by atoms with Crippen molar-refractivity contribution in [2.75, 3.05) is 18.5 Å². The lowest BCUT2D eigenvalue weighted by Gasteiger charge is -2.19. The molecule has 0 amide bonds. The monoisotopic (exact) mass is 286 g/mol. The van der Waals surface area contributed by atoms with Crippen molar-refractivity contribution in [3.05, 3.63) is 65.5 Å². The van der Waals surface area contributed by atoms with E-state index in [9.17, 15) is 4.39 Å². The SMILES string of the molecule is CCCNCc1ccc(CN(C)c2cccc(F)c2)cc1. The zero-order valence-electron chi connectivity index (χ0n) is 12.8. The first-order chi connectivity index (χ1) is 10.2. The van der Waals surface area contributed by atoms with Crippen molar-refractivity contribution in [3.8, 4) is 0 Å². The van der Waals surface area contributed by atoms with E-state index in [1.807, 2.05) is 18.0 Å². The van der Waals surface area contributed by atoms with Gasteiger partial charge in [0.1, 0.15) is 5.82 Å². The Kier molecular flexibility index (Phi) is 5.76. The summed E-state index contributed by atoms with van der Waals surface area (Å²) in [5.74, 6) is -0.198. The Balaban J connectivity index is 1.93. The van der Waals surface area contributed by atoms with Gasteiger partial charge in [-0.15, -0.1) is 0 Å². The summed E-state index contributed by atoms with van der Waals surface area (Å²) in [6.07, 6.45) is 1.15. The minimum Gasteiger partial charge on any atom is -0.370 e. The highest BCUT2D eigenvalue weighted by Crippen LogP contribution is 2.16. The van der Waals surface area contributed by atoms with Crippen LogP contribution in [-0.2, 0) is 13.1 Å². The largest absolute Gasteiger partial charge is 0.370 e. The van der Waals surface area contributed by atoms with E-state index in [2.05, 4.69) is 36.5 Å². The Labute approximate surface area is 126 Å².